The van der Waals surface area contributed by atoms with Gasteiger partial charge in [-0.2, -0.15) is 0 Å². The number of aromatic nitrogens is 3. The third-order valence-corrected chi connectivity index (χ3v) is 2.67. The van der Waals surface area contributed by atoms with E-state index < -0.39 is 0 Å². The van der Waals surface area contributed by atoms with E-state index in [2.05, 4.69) is 27.6 Å². The Morgan fingerprint density at radius 3 is 3.07 bits per heavy atom. The van der Waals surface area contributed by atoms with Crippen LogP contribution in [0.5, 0.6) is 0 Å². The van der Waals surface area contributed by atoms with Gasteiger partial charge in [-0.15, -0.1) is 11.7 Å². The quantitative estimate of drug-likeness (QED) is 0.794. The minimum Gasteiger partial charge on any atom is -0.276 e. The molecule has 6 heteroatoms. The van der Waals surface area contributed by atoms with Crippen molar-refractivity contribution in [3.8, 4) is 0 Å². The first-order valence-corrected chi connectivity index (χ1v) is 5.35. The number of hydrogen-bond donors (Lipinski definition) is 0. The fraction of sp³-hybridized carbons (Fsp3) is 0.111. The zero-order valence-electron chi connectivity index (χ0n) is 7.65. The zero-order chi connectivity index (χ0) is 11.0. The van der Waals surface area contributed by atoms with Crippen molar-refractivity contribution in [2.24, 2.45) is 0 Å². The molecule has 0 amide bonds. The summed E-state index contributed by atoms with van der Waals surface area (Å²) in [6, 6.07) is 1.70. The minimum absolute atomic E-state index is 0.149. The van der Waals surface area contributed by atoms with Crippen LogP contribution in [0.1, 0.15) is 0 Å². The number of rotatable bonds is 2. The van der Waals surface area contributed by atoms with Crippen LogP contribution in [-0.4, -0.2) is 14.2 Å². The molecular weight excluding hydrogens is 281 g/mol. The zero-order valence-corrected chi connectivity index (χ0v) is 9.99. The molecule has 0 atom stereocenters. The van der Waals surface area contributed by atoms with Crippen molar-refractivity contribution in [3.05, 3.63) is 45.0 Å². The van der Waals surface area contributed by atoms with Crippen LogP contribution in [0.2, 0.25) is 5.28 Å². The largest absolute Gasteiger partial charge is 0.279 e. The van der Waals surface area contributed by atoms with Crippen molar-refractivity contribution in [2.45, 2.75) is 6.54 Å². The molecule has 4 nitrogen and oxygen atoms in total. The van der Waals surface area contributed by atoms with Gasteiger partial charge in [0, 0.05) is 17.2 Å². The van der Waals surface area contributed by atoms with Crippen LogP contribution in [0.4, 0.5) is 0 Å². The summed E-state index contributed by atoms with van der Waals surface area (Å²) in [5.74, 6) is 0. The van der Waals surface area contributed by atoms with Crippen LogP contribution in [0, 0.1) is 0 Å². The molecule has 2 rings (SSSR count). The topological polar surface area (TPSA) is 39.3 Å². The molecule has 2 aromatic heterocycles. The lowest BCUT2D eigenvalue weighted by Gasteiger charge is -2.04. The molecule has 0 aliphatic heterocycles. The summed E-state index contributed by atoms with van der Waals surface area (Å²) >= 11 is 9.14. The van der Waals surface area contributed by atoms with Gasteiger partial charge in [-0.05, 0) is 33.6 Å². The molecule has 0 saturated heterocycles. The van der Waals surface area contributed by atoms with Gasteiger partial charge < -0.3 is 0 Å². The molecule has 0 aliphatic carbocycles. The summed E-state index contributed by atoms with van der Waals surface area (Å²) in [4.78, 5) is 11.9. The third kappa shape index (κ3) is 1.72. The molecule has 0 unspecified atom stereocenters. The van der Waals surface area contributed by atoms with Crippen LogP contribution < -0.4 is 5.56 Å². The van der Waals surface area contributed by atoms with Crippen molar-refractivity contribution in [1.82, 2.24) is 14.2 Å². The highest BCUT2D eigenvalue weighted by atomic mass is 79.9. The van der Waals surface area contributed by atoms with E-state index in [4.69, 9.17) is 11.6 Å². The SMILES string of the molecule is C=CCn1c(Cl)nn2cc(Br)cc2c1=O. The predicted molar refractivity (Wildman–Crippen MR) is 62.4 cm³/mol. The van der Waals surface area contributed by atoms with Gasteiger partial charge in [0.2, 0.25) is 5.28 Å². The number of hydrogen-bond acceptors (Lipinski definition) is 2. The van der Waals surface area contributed by atoms with Crippen LogP contribution in [0.15, 0.2) is 34.2 Å². The first kappa shape index (κ1) is 10.4. The summed E-state index contributed by atoms with van der Waals surface area (Å²) in [6.45, 7) is 3.91. The second-order valence-electron chi connectivity index (χ2n) is 2.96. The summed E-state index contributed by atoms with van der Waals surface area (Å²) in [7, 11) is 0. The second-order valence-corrected chi connectivity index (χ2v) is 4.22. The Balaban J connectivity index is 2.83. The number of nitrogens with zero attached hydrogens (tertiary/aromatic N) is 3. The molecule has 0 bridgehead atoms. The molecular formula is C9H7BrClN3O. The van der Waals surface area contributed by atoms with Gasteiger partial charge in [-0.25, -0.2) is 4.52 Å². The Hall–Kier alpha value is -1.07. The van der Waals surface area contributed by atoms with Crippen LogP contribution >= 0.6 is 27.5 Å². The third-order valence-electron chi connectivity index (χ3n) is 1.96. The maximum atomic E-state index is 11.9. The predicted octanol–water partition coefficient (Wildman–Crippen LogP) is 2.10. The Kier molecular flexibility index (Phi) is 2.67. The number of halogens is 2. The Morgan fingerprint density at radius 2 is 2.40 bits per heavy atom. The standard InChI is InChI=1S/C9H7BrClN3O/c1-2-3-13-8(15)7-4-6(10)5-14(7)12-9(13)11/h2,4-5H,1,3H2. The maximum Gasteiger partial charge on any atom is 0.279 e. The second kappa shape index (κ2) is 3.83. The van der Waals surface area contributed by atoms with Crippen molar-refractivity contribution in [2.75, 3.05) is 0 Å². The van der Waals surface area contributed by atoms with E-state index in [1.807, 2.05) is 0 Å². The lowest BCUT2D eigenvalue weighted by molar-refractivity contribution is 0.718. The molecule has 0 spiro atoms. The van der Waals surface area contributed by atoms with Crippen molar-refractivity contribution < 1.29 is 0 Å². The lowest BCUT2D eigenvalue weighted by Crippen LogP contribution is -2.23. The number of fused-ring (bicyclic) bond motifs is 1. The molecule has 0 aliphatic rings. The van der Waals surface area contributed by atoms with Gasteiger partial charge in [0.15, 0.2) is 0 Å². The Bertz CT molecular complexity index is 587. The molecule has 0 aromatic carbocycles. The fourth-order valence-corrected chi connectivity index (χ4v) is 1.95. The van der Waals surface area contributed by atoms with E-state index in [0.29, 0.717) is 12.1 Å². The summed E-state index contributed by atoms with van der Waals surface area (Å²) in [5.41, 5.74) is 0.300. The van der Waals surface area contributed by atoms with E-state index in [1.165, 1.54) is 9.08 Å². The van der Waals surface area contributed by atoms with Crippen LogP contribution in [0.3, 0.4) is 0 Å². The first-order valence-electron chi connectivity index (χ1n) is 4.18. The molecule has 2 heterocycles. The molecule has 15 heavy (non-hydrogen) atoms. The van der Waals surface area contributed by atoms with E-state index >= 15 is 0 Å². The van der Waals surface area contributed by atoms with Crippen molar-refractivity contribution in [1.29, 1.82) is 0 Å². The van der Waals surface area contributed by atoms with E-state index in [0.717, 1.165) is 4.47 Å². The van der Waals surface area contributed by atoms with Crippen LogP contribution in [-0.2, 0) is 6.54 Å². The highest BCUT2D eigenvalue weighted by Crippen LogP contribution is 2.13. The van der Waals surface area contributed by atoms with Gasteiger partial charge in [0.1, 0.15) is 5.52 Å². The monoisotopic (exact) mass is 287 g/mol. The smallest absolute Gasteiger partial charge is 0.276 e. The molecule has 78 valence electrons. The van der Waals surface area contributed by atoms with Gasteiger partial charge >= 0.3 is 0 Å². The summed E-state index contributed by atoms with van der Waals surface area (Å²) in [5, 5.41) is 4.19. The molecule has 0 radical (unpaired) electrons. The fourth-order valence-electron chi connectivity index (χ4n) is 1.32. The van der Waals surface area contributed by atoms with Gasteiger partial charge in [-0.1, -0.05) is 6.08 Å². The number of allylic oxidation sites excluding steroid dienone is 1. The van der Waals surface area contributed by atoms with Crippen LogP contribution in [0.25, 0.3) is 5.52 Å². The molecule has 0 N–H and O–H groups in total. The summed E-state index contributed by atoms with van der Waals surface area (Å²) < 4.78 is 3.60. The highest BCUT2D eigenvalue weighted by molar-refractivity contribution is 9.10. The van der Waals surface area contributed by atoms with Gasteiger partial charge in [-0.3, -0.25) is 9.36 Å². The molecule has 0 fully saturated rings. The first-order chi connectivity index (χ1) is 7.13. The minimum atomic E-state index is -0.180. The average Bonchev–Trinajstić information content (AvgIpc) is 2.53. The van der Waals surface area contributed by atoms with Crippen molar-refractivity contribution in [3.63, 3.8) is 0 Å². The average molecular weight is 289 g/mol. The normalized spacial score (nSPS) is 10.8. The molecule has 2 aromatic rings. The van der Waals surface area contributed by atoms with Gasteiger partial charge in [0.25, 0.3) is 5.56 Å². The van der Waals surface area contributed by atoms with E-state index in [-0.39, 0.29) is 10.8 Å². The van der Waals surface area contributed by atoms with Gasteiger partial charge in [0.05, 0.1) is 0 Å². The van der Waals surface area contributed by atoms with E-state index in [9.17, 15) is 4.79 Å². The Labute approximate surface area is 98.9 Å². The van der Waals surface area contributed by atoms with Crippen molar-refractivity contribution >= 4 is 33.0 Å². The maximum absolute atomic E-state index is 11.9. The lowest BCUT2D eigenvalue weighted by atomic mass is 10.5. The highest BCUT2D eigenvalue weighted by Gasteiger charge is 2.09. The summed E-state index contributed by atoms with van der Waals surface area (Å²) in [6.07, 6.45) is 3.28. The molecule has 0 saturated carbocycles. The van der Waals surface area contributed by atoms with E-state index in [1.54, 1.807) is 18.3 Å². The Morgan fingerprint density at radius 1 is 1.67 bits per heavy atom.